The van der Waals surface area contributed by atoms with Crippen molar-refractivity contribution in [2.75, 3.05) is 18.0 Å². The summed E-state index contributed by atoms with van der Waals surface area (Å²) < 4.78 is 27.2. The maximum Gasteiger partial charge on any atom is 0.243 e. The van der Waals surface area contributed by atoms with Gasteiger partial charge in [-0.2, -0.15) is 4.31 Å². The van der Waals surface area contributed by atoms with E-state index >= 15 is 0 Å². The fourth-order valence-corrected chi connectivity index (χ4v) is 4.48. The van der Waals surface area contributed by atoms with Gasteiger partial charge in [0.05, 0.1) is 10.6 Å². The normalized spacial score (nSPS) is 15.0. The molecule has 1 aromatic carbocycles. The number of carbonyl (C=O) groups is 2. The molecule has 1 saturated heterocycles. The number of anilines is 1. The number of carbonyl (C=O) groups excluding carboxylic acids is 2. The molecule has 2 heterocycles. The molecule has 142 valence electrons. The summed E-state index contributed by atoms with van der Waals surface area (Å²) in [5.74, 6) is -0.522. The Hall–Kier alpha value is -2.58. The van der Waals surface area contributed by atoms with Crippen molar-refractivity contribution in [3.05, 3.63) is 54.4 Å². The minimum Gasteiger partial charge on any atom is -0.274 e. The Kier molecular flexibility index (Phi) is 5.67. The van der Waals surface area contributed by atoms with E-state index in [4.69, 9.17) is 0 Å². The summed E-state index contributed by atoms with van der Waals surface area (Å²) >= 11 is 0. The van der Waals surface area contributed by atoms with Crippen molar-refractivity contribution in [2.24, 2.45) is 0 Å². The van der Waals surface area contributed by atoms with Crippen molar-refractivity contribution in [2.45, 2.75) is 31.1 Å². The maximum absolute atomic E-state index is 12.9. The van der Waals surface area contributed by atoms with Gasteiger partial charge in [0.15, 0.2) is 0 Å². The molecule has 3 rings (SSSR count). The van der Waals surface area contributed by atoms with E-state index in [1.165, 1.54) is 28.6 Å². The lowest BCUT2D eigenvalue weighted by molar-refractivity contribution is -0.121. The summed E-state index contributed by atoms with van der Waals surface area (Å²) in [6, 6.07) is 9.62. The molecule has 8 heteroatoms. The number of amides is 2. The van der Waals surface area contributed by atoms with Crippen molar-refractivity contribution < 1.29 is 18.0 Å². The number of hydrogen-bond acceptors (Lipinski definition) is 5. The average molecular weight is 387 g/mol. The fraction of sp³-hybridized carbons (Fsp3) is 0.316. The van der Waals surface area contributed by atoms with Crippen molar-refractivity contribution in [1.82, 2.24) is 9.29 Å². The zero-order valence-electron chi connectivity index (χ0n) is 15.0. The number of sulfonamides is 1. The Labute approximate surface area is 158 Å². The number of nitrogens with zero attached hydrogens (tertiary/aromatic N) is 3. The summed E-state index contributed by atoms with van der Waals surface area (Å²) in [7, 11) is -3.66. The quantitative estimate of drug-likeness (QED) is 0.678. The van der Waals surface area contributed by atoms with E-state index in [1.807, 2.05) is 12.1 Å². The van der Waals surface area contributed by atoms with Crippen LogP contribution in [0.4, 0.5) is 5.69 Å². The molecule has 2 aromatic rings. The standard InChI is InChI=1S/C19H21N3O4S/c1-2-21(14-11-15-9-12-20-13-10-15)27(25,26)17-5-3-16(4-6-17)22-18(23)7-8-19(22)24/h3-6,9-10,12-13H,2,7-8,11,14H2,1H3. The monoisotopic (exact) mass is 387 g/mol. The number of likely N-dealkylation sites (N-methyl/N-ethyl adjacent to an activating group) is 1. The Morgan fingerprint density at radius 2 is 1.59 bits per heavy atom. The first kappa shape index (κ1) is 19.2. The average Bonchev–Trinajstić information content (AvgIpc) is 3.01. The van der Waals surface area contributed by atoms with Crippen LogP contribution in [-0.2, 0) is 26.0 Å². The molecular formula is C19H21N3O4S. The third kappa shape index (κ3) is 4.06. The highest BCUT2D eigenvalue weighted by Crippen LogP contribution is 2.25. The van der Waals surface area contributed by atoms with E-state index in [9.17, 15) is 18.0 Å². The molecule has 0 bridgehead atoms. The summed E-state index contributed by atoms with van der Waals surface area (Å²) in [6.45, 7) is 2.49. The molecule has 0 saturated carbocycles. The van der Waals surface area contributed by atoms with Crippen molar-refractivity contribution in [3.63, 3.8) is 0 Å². The number of imide groups is 1. The van der Waals surface area contributed by atoms with Crippen LogP contribution in [0.5, 0.6) is 0 Å². The Morgan fingerprint density at radius 3 is 2.15 bits per heavy atom. The third-order valence-corrected chi connectivity index (χ3v) is 6.52. The molecule has 0 spiro atoms. The fourth-order valence-electron chi connectivity index (χ4n) is 3.03. The van der Waals surface area contributed by atoms with Crippen molar-refractivity contribution in [1.29, 1.82) is 0 Å². The zero-order valence-corrected chi connectivity index (χ0v) is 15.9. The predicted octanol–water partition coefficient (Wildman–Crippen LogP) is 1.99. The summed E-state index contributed by atoms with van der Waals surface area (Å²) in [6.07, 6.45) is 4.33. The number of pyridine rings is 1. The first-order valence-corrected chi connectivity index (χ1v) is 10.2. The number of aromatic nitrogens is 1. The number of hydrogen-bond donors (Lipinski definition) is 0. The van der Waals surface area contributed by atoms with E-state index in [0.717, 1.165) is 10.5 Å². The van der Waals surface area contributed by atoms with Crippen molar-refractivity contribution in [3.8, 4) is 0 Å². The minimum absolute atomic E-state index is 0.141. The molecule has 0 aliphatic carbocycles. The van der Waals surface area contributed by atoms with E-state index in [1.54, 1.807) is 19.3 Å². The highest BCUT2D eigenvalue weighted by Gasteiger charge is 2.31. The second kappa shape index (κ2) is 7.98. The lowest BCUT2D eigenvalue weighted by atomic mass is 10.2. The van der Waals surface area contributed by atoms with E-state index in [2.05, 4.69) is 4.98 Å². The van der Waals surface area contributed by atoms with Gasteiger partial charge in [0.2, 0.25) is 21.8 Å². The van der Waals surface area contributed by atoms with Gasteiger partial charge in [0.1, 0.15) is 0 Å². The van der Waals surface area contributed by atoms with Gasteiger partial charge in [-0.05, 0) is 48.4 Å². The van der Waals surface area contributed by atoms with Gasteiger partial charge < -0.3 is 0 Å². The second-order valence-corrected chi connectivity index (χ2v) is 8.16. The summed E-state index contributed by atoms with van der Waals surface area (Å²) in [5.41, 5.74) is 1.42. The minimum atomic E-state index is -3.66. The summed E-state index contributed by atoms with van der Waals surface area (Å²) in [5, 5.41) is 0. The SMILES string of the molecule is CCN(CCc1ccncc1)S(=O)(=O)c1ccc(N2C(=O)CCC2=O)cc1. The van der Waals surface area contributed by atoms with Gasteiger partial charge in [-0.3, -0.25) is 19.5 Å². The van der Waals surface area contributed by atoms with Crippen LogP contribution >= 0.6 is 0 Å². The van der Waals surface area contributed by atoms with Gasteiger partial charge in [-0.15, -0.1) is 0 Å². The third-order valence-electron chi connectivity index (χ3n) is 4.54. The molecule has 1 fully saturated rings. The van der Waals surface area contributed by atoms with Gasteiger partial charge in [0, 0.05) is 38.3 Å². The molecule has 1 aliphatic rings. The van der Waals surface area contributed by atoms with Crippen LogP contribution in [-0.4, -0.2) is 42.6 Å². The van der Waals surface area contributed by atoms with E-state index < -0.39 is 10.0 Å². The van der Waals surface area contributed by atoms with E-state index in [0.29, 0.717) is 25.2 Å². The molecule has 0 atom stereocenters. The first-order chi connectivity index (χ1) is 12.9. The molecule has 0 radical (unpaired) electrons. The van der Waals surface area contributed by atoms with Gasteiger partial charge >= 0.3 is 0 Å². The van der Waals surface area contributed by atoms with Crippen LogP contribution in [0.25, 0.3) is 0 Å². The summed E-state index contributed by atoms with van der Waals surface area (Å²) in [4.78, 5) is 28.8. The molecular weight excluding hydrogens is 366 g/mol. The second-order valence-electron chi connectivity index (χ2n) is 6.22. The molecule has 7 nitrogen and oxygen atoms in total. The molecule has 1 aliphatic heterocycles. The molecule has 27 heavy (non-hydrogen) atoms. The largest absolute Gasteiger partial charge is 0.274 e. The maximum atomic E-state index is 12.9. The first-order valence-electron chi connectivity index (χ1n) is 8.78. The molecule has 2 amide bonds. The van der Waals surface area contributed by atoms with Crippen LogP contribution in [0, 0.1) is 0 Å². The Balaban J connectivity index is 1.76. The van der Waals surface area contributed by atoms with Crippen molar-refractivity contribution >= 4 is 27.5 Å². The Bertz CT molecular complexity index is 911. The highest BCUT2D eigenvalue weighted by atomic mass is 32.2. The lowest BCUT2D eigenvalue weighted by Crippen LogP contribution is -2.33. The van der Waals surface area contributed by atoms with Gasteiger partial charge in [-0.25, -0.2) is 8.42 Å². The number of rotatable bonds is 7. The van der Waals surface area contributed by atoms with E-state index in [-0.39, 0.29) is 29.6 Å². The van der Waals surface area contributed by atoms with Crippen LogP contribution in [0.3, 0.4) is 0 Å². The van der Waals surface area contributed by atoms with Crippen LogP contribution in [0.1, 0.15) is 25.3 Å². The lowest BCUT2D eigenvalue weighted by Gasteiger charge is -2.21. The topological polar surface area (TPSA) is 87.7 Å². The van der Waals surface area contributed by atoms with Gasteiger partial charge in [-0.1, -0.05) is 6.92 Å². The predicted molar refractivity (Wildman–Crippen MR) is 101 cm³/mol. The highest BCUT2D eigenvalue weighted by molar-refractivity contribution is 7.89. The smallest absolute Gasteiger partial charge is 0.243 e. The Morgan fingerprint density at radius 1 is 1.00 bits per heavy atom. The van der Waals surface area contributed by atoms with Crippen LogP contribution in [0.2, 0.25) is 0 Å². The molecule has 0 N–H and O–H groups in total. The molecule has 1 aromatic heterocycles. The zero-order chi connectivity index (χ0) is 19.4. The van der Waals surface area contributed by atoms with Crippen LogP contribution < -0.4 is 4.90 Å². The number of benzene rings is 1. The van der Waals surface area contributed by atoms with Crippen LogP contribution in [0.15, 0.2) is 53.7 Å². The molecule has 0 unspecified atom stereocenters. The van der Waals surface area contributed by atoms with Gasteiger partial charge in [0.25, 0.3) is 0 Å².